The van der Waals surface area contributed by atoms with Gasteiger partial charge in [-0.25, -0.2) is 0 Å². The van der Waals surface area contributed by atoms with Gasteiger partial charge in [-0.1, -0.05) is 197 Å². The number of carbonyl (C=O) groups is 1. The van der Waals surface area contributed by atoms with Crippen molar-refractivity contribution in [2.75, 3.05) is 0 Å². The van der Waals surface area contributed by atoms with E-state index in [0.29, 0.717) is 0 Å². The lowest BCUT2D eigenvalue weighted by Crippen LogP contribution is -2.28. The first-order chi connectivity index (χ1) is 23.7. The summed E-state index contributed by atoms with van der Waals surface area (Å²) in [4.78, 5) is 12.4. The molecule has 0 radical (unpaired) electrons. The molecule has 0 aliphatic carbocycles. The molecule has 0 saturated carbocycles. The molecule has 2 N–H and O–H groups in total. The minimum atomic E-state index is -0.653. The summed E-state index contributed by atoms with van der Waals surface area (Å²) >= 11 is 0. The minimum Gasteiger partial charge on any atom is -0.367 e. The molecule has 1 aromatic rings. The summed E-state index contributed by atoms with van der Waals surface area (Å²) in [7, 11) is 0. The Kier molecular flexibility index (Phi) is 32.2. The zero-order chi connectivity index (χ0) is 34.6. The molecule has 48 heavy (non-hydrogen) atoms. The van der Waals surface area contributed by atoms with E-state index in [9.17, 15) is 4.79 Å². The lowest BCUT2D eigenvalue weighted by atomic mass is 10.0. The van der Waals surface area contributed by atoms with E-state index >= 15 is 0 Å². The molecular formula is C45H79NO2. The normalized spacial score (nSPS) is 12.6. The molecule has 0 spiro atoms. The molecule has 0 saturated heterocycles. The molecule has 1 aromatic carbocycles. The SMILES string of the molecule is CCCCCCCC/C=C\CCCCCCCCC(CCCCCCCC/C=C\CCCCCCCC)OC(C(N)=O)c1ccccc1. The molecular weight excluding hydrogens is 587 g/mol. The van der Waals surface area contributed by atoms with Crippen molar-refractivity contribution in [3.63, 3.8) is 0 Å². The van der Waals surface area contributed by atoms with Gasteiger partial charge in [0.25, 0.3) is 5.91 Å². The molecule has 0 bridgehead atoms. The van der Waals surface area contributed by atoms with Crippen LogP contribution in [0.2, 0.25) is 0 Å². The van der Waals surface area contributed by atoms with Crippen molar-refractivity contribution in [2.45, 2.75) is 219 Å². The van der Waals surface area contributed by atoms with E-state index in [1.54, 1.807) is 0 Å². The Morgan fingerprint density at radius 1 is 0.521 bits per heavy atom. The highest BCUT2D eigenvalue weighted by Crippen LogP contribution is 2.25. The maximum atomic E-state index is 12.4. The molecule has 0 heterocycles. The van der Waals surface area contributed by atoms with Crippen molar-refractivity contribution in [3.8, 4) is 0 Å². The van der Waals surface area contributed by atoms with Crippen LogP contribution in [0.15, 0.2) is 54.6 Å². The summed E-state index contributed by atoms with van der Waals surface area (Å²) in [6.45, 7) is 4.57. The van der Waals surface area contributed by atoms with Gasteiger partial charge in [-0.3, -0.25) is 4.79 Å². The van der Waals surface area contributed by atoms with Gasteiger partial charge in [-0.2, -0.15) is 0 Å². The third-order valence-electron chi connectivity index (χ3n) is 9.77. The van der Waals surface area contributed by atoms with Crippen molar-refractivity contribution in [1.29, 1.82) is 0 Å². The molecule has 0 aliphatic rings. The molecule has 1 rings (SSSR count). The summed E-state index contributed by atoms with van der Waals surface area (Å²) in [5, 5.41) is 0. The van der Waals surface area contributed by atoms with Crippen LogP contribution in [0.3, 0.4) is 0 Å². The van der Waals surface area contributed by atoms with Crippen molar-refractivity contribution < 1.29 is 9.53 Å². The fourth-order valence-electron chi connectivity index (χ4n) is 6.65. The van der Waals surface area contributed by atoms with Gasteiger partial charge in [-0.15, -0.1) is 0 Å². The van der Waals surface area contributed by atoms with Gasteiger partial charge < -0.3 is 10.5 Å². The molecule has 276 valence electrons. The fourth-order valence-corrected chi connectivity index (χ4v) is 6.65. The molecule has 0 aromatic heterocycles. The number of hydrogen-bond acceptors (Lipinski definition) is 2. The topological polar surface area (TPSA) is 52.3 Å². The van der Waals surface area contributed by atoms with Crippen molar-refractivity contribution in [1.82, 2.24) is 0 Å². The zero-order valence-corrected chi connectivity index (χ0v) is 32.0. The quantitative estimate of drug-likeness (QED) is 0.0573. The minimum absolute atomic E-state index is 0.0938. The highest BCUT2D eigenvalue weighted by atomic mass is 16.5. The van der Waals surface area contributed by atoms with Crippen LogP contribution in [0, 0.1) is 0 Å². The molecule has 3 nitrogen and oxygen atoms in total. The van der Waals surface area contributed by atoms with Crippen molar-refractivity contribution in [3.05, 3.63) is 60.2 Å². The number of amides is 1. The Morgan fingerprint density at radius 3 is 1.21 bits per heavy atom. The number of hydrogen-bond donors (Lipinski definition) is 1. The molecule has 0 fully saturated rings. The highest BCUT2D eigenvalue weighted by molar-refractivity contribution is 5.80. The Balaban J connectivity index is 2.23. The van der Waals surface area contributed by atoms with Crippen LogP contribution in [-0.2, 0) is 9.53 Å². The number of rotatable bonds is 36. The molecule has 0 aliphatic heterocycles. The predicted molar refractivity (Wildman–Crippen MR) is 211 cm³/mol. The first-order valence-corrected chi connectivity index (χ1v) is 21.0. The number of benzene rings is 1. The van der Waals surface area contributed by atoms with Crippen molar-refractivity contribution in [2.24, 2.45) is 5.73 Å². The average molecular weight is 666 g/mol. The van der Waals surface area contributed by atoms with Gasteiger partial charge in [0.1, 0.15) is 0 Å². The van der Waals surface area contributed by atoms with Gasteiger partial charge in [0.05, 0.1) is 6.10 Å². The van der Waals surface area contributed by atoms with Crippen LogP contribution in [0.5, 0.6) is 0 Å². The second kappa shape index (κ2) is 35.0. The van der Waals surface area contributed by atoms with E-state index in [4.69, 9.17) is 10.5 Å². The Labute approximate surface area is 299 Å². The van der Waals surface area contributed by atoms with E-state index in [0.717, 1.165) is 31.2 Å². The maximum Gasteiger partial charge on any atom is 0.251 e. The lowest BCUT2D eigenvalue weighted by molar-refractivity contribution is -0.134. The average Bonchev–Trinajstić information content (AvgIpc) is 3.10. The smallest absolute Gasteiger partial charge is 0.251 e. The number of primary amides is 1. The number of allylic oxidation sites excluding steroid dienone is 4. The Hall–Kier alpha value is -1.87. The van der Waals surface area contributed by atoms with Crippen LogP contribution >= 0.6 is 0 Å². The first-order valence-electron chi connectivity index (χ1n) is 21.0. The van der Waals surface area contributed by atoms with Gasteiger partial charge in [-0.05, 0) is 69.8 Å². The summed E-state index contributed by atoms with van der Waals surface area (Å²) in [6.07, 6.45) is 48.0. The zero-order valence-electron chi connectivity index (χ0n) is 32.0. The number of nitrogens with two attached hydrogens (primary N) is 1. The van der Waals surface area contributed by atoms with E-state index < -0.39 is 6.10 Å². The molecule has 1 unspecified atom stereocenters. The monoisotopic (exact) mass is 666 g/mol. The second-order valence-corrected chi connectivity index (χ2v) is 14.4. The van der Waals surface area contributed by atoms with Crippen LogP contribution in [0.25, 0.3) is 0 Å². The van der Waals surface area contributed by atoms with E-state index in [-0.39, 0.29) is 12.0 Å². The van der Waals surface area contributed by atoms with Crippen LogP contribution in [0.4, 0.5) is 0 Å². The first kappa shape index (κ1) is 44.2. The standard InChI is InChI=1S/C45H79NO2/c1-3-5-7-9-11-13-15-17-19-21-23-25-27-29-31-36-40-43(48-44(45(46)47)42-38-34-33-35-39-42)41-37-32-30-28-26-24-22-20-18-16-14-12-10-8-6-4-2/h17-20,33-35,38-39,43-44H,3-16,21-32,36-37,40-41H2,1-2H3,(H2,46,47)/b19-17-,20-18-. The van der Waals surface area contributed by atoms with Gasteiger partial charge in [0.2, 0.25) is 0 Å². The number of unbranched alkanes of at least 4 members (excludes halogenated alkanes) is 24. The third-order valence-corrected chi connectivity index (χ3v) is 9.77. The third kappa shape index (κ3) is 28.0. The van der Waals surface area contributed by atoms with Crippen LogP contribution in [-0.4, -0.2) is 12.0 Å². The van der Waals surface area contributed by atoms with Crippen LogP contribution in [0.1, 0.15) is 218 Å². The molecule has 1 amide bonds. The van der Waals surface area contributed by atoms with E-state index in [2.05, 4.69) is 38.2 Å². The summed E-state index contributed by atoms with van der Waals surface area (Å²) in [5.74, 6) is -0.381. The number of ether oxygens (including phenoxy) is 1. The van der Waals surface area contributed by atoms with E-state index in [1.807, 2.05) is 30.3 Å². The van der Waals surface area contributed by atoms with Gasteiger partial charge in [0, 0.05) is 0 Å². The summed E-state index contributed by atoms with van der Waals surface area (Å²) in [5.41, 5.74) is 6.70. The Morgan fingerprint density at radius 2 is 0.854 bits per heavy atom. The summed E-state index contributed by atoms with van der Waals surface area (Å²) in [6, 6.07) is 9.81. The number of carbonyl (C=O) groups excluding carboxylic acids is 1. The van der Waals surface area contributed by atoms with E-state index in [1.165, 1.54) is 167 Å². The Bertz CT molecular complexity index is 821. The van der Waals surface area contributed by atoms with Crippen LogP contribution < -0.4 is 5.73 Å². The maximum absolute atomic E-state index is 12.4. The van der Waals surface area contributed by atoms with Gasteiger partial charge in [0.15, 0.2) is 6.10 Å². The largest absolute Gasteiger partial charge is 0.367 e. The van der Waals surface area contributed by atoms with Gasteiger partial charge >= 0.3 is 0 Å². The highest BCUT2D eigenvalue weighted by Gasteiger charge is 2.23. The second-order valence-electron chi connectivity index (χ2n) is 14.4. The summed E-state index contributed by atoms with van der Waals surface area (Å²) < 4.78 is 6.46. The van der Waals surface area contributed by atoms with Crippen molar-refractivity contribution >= 4 is 5.91 Å². The molecule has 1 atom stereocenters. The lowest BCUT2D eigenvalue weighted by Gasteiger charge is -2.24. The fraction of sp³-hybridized carbons (Fsp3) is 0.756. The molecule has 3 heteroatoms. The predicted octanol–water partition coefficient (Wildman–Crippen LogP) is 14.5.